The Morgan fingerprint density at radius 2 is 2.08 bits per heavy atom. The van der Waals surface area contributed by atoms with Gasteiger partial charge >= 0.3 is 11.7 Å². The molecule has 1 fully saturated rings. The van der Waals surface area contributed by atoms with Crippen molar-refractivity contribution in [1.29, 1.82) is 0 Å². The van der Waals surface area contributed by atoms with E-state index >= 15 is 0 Å². The Hall–Kier alpha value is -2.26. The Labute approximate surface area is 146 Å². The molecular weight excluding hydrogens is 331 g/mol. The molecule has 4 N–H and O–H groups in total. The van der Waals surface area contributed by atoms with Crippen molar-refractivity contribution in [2.24, 2.45) is 5.73 Å². The van der Waals surface area contributed by atoms with E-state index in [9.17, 15) is 14.0 Å². The molecule has 9 heteroatoms. The predicted octanol–water partition coefficient (Wildman–Crippen LogP) is 1.36. The molecule has 0 bridgehead atoms. The molecule has 0 spiro atoms. The van der Waals surface area contributed by atoms with Gasteiger partial charge in [0.1, 0.15) is 12.8 Å². The van der Waals surface area contributed by atoms with Crippen molar-refractivity contribution >= 4 is 11.8 Å². The highest BCUT2D eigenvalue weighted by atomic mass is 19.1. The molecule has 0 aliphatic carbocycles. The summed E-state index contributed by atoms with van der Waals surface area (Å²) in [6, 6.07) is 0. The smallest absolute Gasteiger partial charge is 0.351 e. The Kier molecular flexibility index (Phi) is 11.1. The topological polar surface area (TPSA) is 122 Å². The molecule has 2 atom stereocenters. The summed E-state index contributed by atoms with van der Waals surface area (Å²) < 4.78 is 24.7. The predicted molar refractivity (Wildman–Crippen MR) is 93.2 cm³/mol. The van der Waals surface area contributed by atoms with E-state index in [0.717, 1.165) is 10.8 Å². The van der Waals surface area contributed by atoms with Gasteiger partial charge in [0.2, 0.25) is 0 Å². The van der Waals surface area contributed by atoms with Gasteiger partial charge in [0, 0.05) is 0 Å². The first-order valence-corrected chi connectivity index (χ1v) is 7.98. The lowest BCUT2D eigenvalue weighted by Gasteiger charge is -2.15. The number of halogens is 1. The molecule has 0 aromatic carbocycles. The molecule has 0 radical (unpaired) electrons. The summed E-state index contributed by atoms with van der Waals surface area (Å²) in [5.41, 5.74) is 9.62. The van der Waals surface area contributed by atoms with Crippen LogP contribution in [0.4, 0.5) is 10.2 Å². The number of rotatable bonds is 4. The summed E-state index contributed by atoms with van der Waals surface area (Å²) in [7, 11) is 0. The van der Waals surface area contributed by atoms with Crippen molar-refractivity contribution in [2.75, 3.05) is 18.9 Å². The summed E-state index contributed by atoms with van der Waals surface area (Å²) in [5, 5.41) is 0. The molecule has 25 heavy (non-hydrogen) atoms. The molecule has 8 nitrogen and oxygen atoms in total. The number of hydrogen-bond acceptors (Lipinski definition) is 7. The summed E-state index contributed by atoms with van der Waals surface area (Å²) in [6.45, 7) is 10.1. The van der Waals surface area contributed by atoms with E-state index in [1.807, 2.05) is 0 Å². The lowest BCUT2D eigenvalue weighted by Crippen LogP contribution is -2.29. The van der Waals surface area contributed by atoms with Crippen LogP contribution in [-0.2, 0) is 14.3 Å². The summed E-state index contributed by atoms with van der Waals surface area (Å²) in [4.78, 5) is 25.9. The van der Waals surface area contributed by atoms with Crippen LogP contribution >= 0.6 is 0 Å². The van der Waals surface area contributed by atoms with Crippen molar-refractivity contribution in [3.05, 3.63) is 35.7 Å². The molecule has 2 rings (SSSR count). The first-order chi connectivity index (χ1) is 11.9. The van der Waals surface area contributed by atoms with E-state index in [2.05, 4.69) is 32.0 Å². The third kappa shape index (κ3) is 7.44. The maximum atomic E-state index is 13.3. The Morgan fingerprint density at radius 3 is 2.64 bits per heavy atom. The number of nitrogens with zero attached hydrogens (tertiary/aromatic N) is 2. The Bertz CT molecular complexity index is 594. The van der Waals surface area contributed by atoms with Gasteiger partial charge in [0.15, 0.2) is 11.6 Å². The minimum absolute atomic E-state index is 0.0478. The highest BCUT2D eigenvalue weighted by Crippen LogP contribution is 2.27. The second-order valence-corrected chi connectivity index (χ2v) is 5.05. The van der Waals surface area contributed by atoms with Gasteiger partial charge in [-0.05, 0) is 12.8 Å². The average molecular weight is 358 g/mol. The van der Waals surface area contributed by atoms with Crippen LogP contribution in [0.5, 0.6) is 0 Å². The van der Waals surface area contributed by atoms with Gasteiger partial charge in [0.25, 0.3) is 0 Å². The number of hydrogen-bond donors (Lipinski definition) is 2. The van der Waals surface area contributed by atoms with Crippen molar-refractivity contribution in [3.8, 4) is 0 Å². The number of aromatic nitrogens is 2. The minimum Gasteiger partial charge on any atom is -0.462 e. The quantitative estimate of drug-likeness (QED) is 0.615. The lowest BCUT2D eigenvalue weighted by molar-refractivity contribution is -0.146. The Balaban J connectivity index is 0.00000104. The normalized spacial score (nSPS) is 18.4. The van der Waals surface area contributed by atoms with E-state index in [0.29, 0.717) is 12.8 Å². The van der Waals surface area contributed by atoms with E-state index in [-0.39, 0.29) is 19.3 Å². The summed E-state index contributed by atoms with van der Waals surface area (Å²) in [5.74, 6) is -1.77. The van der Waals surface area contributed by atoms with Crippen LogP contribution in [0.15, 0.2) is 24.1 Å². The standard InChI is InChI=1S/C11H15FN4O4.C3H8.C2H4/c12-7-4-16(11(18)15-10(7)14)8-2-1-6(20-8)5-19-9(17)3-13;1-3-2;1-2/h4,6,8H,1-3,5,13H2,(H2,14,15,18);3H2,1-2H3;1-2H2. The molecular formula is C16H27FN4O4. The van der Waals surface area contributed by atoms with Gasteiger partial charge in [0.05, 0.1) is 18.8 Å². The minimum atomic E-state index is -0.786. The highest BCUT2D eigenvalue weighted by molar-refractivity contribution is 5.71. The number of ether oxygens (including phenoxy) is 2. The molecule has 1 saturated heterocycles. The zero-order valence-corrected chi connectivity index (χ0v) is 14.7. The van der Waals surface area contributed by atoms with E-state index < -0.39 is 29.5 Å². The third-order valence-corrected chi connectivity index (χ3v) is 2.93. The van der Waals surface area contributed by atoms with E-state index in [4.69, 9.17) is 20.9 Å². The SMILES string of the molecule is C=C.CCC.NCC(=O)OCC1CCC(n2cc(F)c(N)nc2=O)O1. The van der Waals surface area contributed by atoms with Gasteiger partial charge in [-0.2, -0.15) is 4.98 Å². The summed E-state index contributed by atoms with van der Waals surface area (Å²) in [6.07, 6.45) is 2.26. The van der Waals surface area contributed by atoms with E-state index in [1.54, 1.807) is 0 Å². The first kappa shape index (κ1) is 22.7. The number of carbonyl (C=O) groups is 1. The molecule has 142 valence electrons. The van der Waals surface area contributed by atoms with Gasteiger partial charge in [-0.3, -0.25) is 9.36 Å². The van der Waals surface area contributed by atoms with Gasteiger partial charge in [-0.15, -0.1) is 13.2 Å². The molecule has 0 amide bonds. The second kappa shape index (κ2) is 12.2. The fourth-order valence-corrected chi connectivity index (χ4v) is 1.92. The number of anilines is 1. The molecule has 1 aromatic rings. The zero-order chi connectivity index (χ0) is 19.4. The van der Waals surface area contributed by atoms with Crippen molar-refractivity contribution in [3.63, 3.8) is 0 Å². The van der Waals surface area contributed by atoms with Crippen molar-refractivity contribution in [1.82, 2.24) is 9.55 Å². The first-order valence-electron chi connectivity index (χ1n) is 7.98. The van der Waals surface area contributed by atoms with Crippen LogP contribution in [0, 0.1) is 5.82 Å². The van der Waals surface area contributed by atoms with Crippen molar-refractivity contribution < 1.29 is 18.7 Å². The second-order valence-electron chi connectivity index (χ2n) is 5.05. The van der Waals surface area contributed by atoms with Crippen LogP contribution in [0.2, 0.25) is 0 Å². The average Bonchev–Trinajstić information content (AvgIpc) is 3.07. The fourth-order valence-electron chi connectivity index (χ4n) is 1.92. The van der Waals surface area contributed by atoms with Gasteiger partial charge in [-0.1, -0.05) is 20.3 Å². The molecule has 1 aliphatic rings. The van der Waals surface area contributed by atoms with Crippen molar-refractivity contribution in [2.45, 2.75) is 45.4 Å². The van der Waals surface area contributed by atoms with Crippen LogP contribution in [0.3, 0.4) is 0 Å². The maximum Gasteiger partial charge on any atom is 0.351 e. The zero-order valence-electron chi connectivity index (χ0n) is 14.7. The van der Waals surface area contributed by atoms with Crippen LogP contribution in [0.25, 0.3) is 0 Å². The number of esters is 1. The number of carbonyl (C=O) groups excluding carboxylic acids is 1. The molecule has 2 heterocycles. The third-order valence-electron chi connectivity index (χ3n) is 2.93. The van der Waals surface area contributed by atoms with Crippen LogP contribution in [0.1, 0.15) is 39.3 Å². The lowest BCUT2D eigenvalue weighted by atomic mass is 10.2. The van der Waals surface area contributed by atoms with E-state index in [1.165, 1.54) is 6.42 Å². The highest BCUT2D eigenvalue weighted by Gasteiger charge is 2.28. The summed E-state index contributed by atoms with van der Waals surface area (Å²) >= 11 is 0. The largest absolute Gasteiger partial charge is 0.462 e. The van der Waals surface area contributed by atoms with Crippen LogP contribution in [-0.4, -0.2) is 34.8 Å². The number of nitrogens with two attached hydrogens (primary N) is 2. The molecule has 1 aromatic heterocycles. The van der Waals surface area contributed by atoms with Crippen LogP contribution < -0.4 is 17.2 Å². The molecule has 0 saturated carbocycles. The fraction of sp³-hybridized carbons (Fsp3) is 0.562. The Morgan fingerprint density at radius 1 is 1.48 bits per heavy atom. The van der Waals surface area contributed by atoms with Gasteiger partial charge < -0.3 is 20.9 Å². The van der Waals surface area contributed by atoms with Gasteiger partial charge in [-0.25, -0.2) is 9.18 Å². The number of nitrogen functional groups attached to an aromatic ring is 1. The monoisotopic (exact) mass is 358 g/mol. The maximum absolute atomic E-state index is 13.3. The molecule has 2 unspecified atom stereocenters. The molecule has 1 aliphatic heterocycles.